The lowest BCUT2D eigenvalue weighted by Crippen LogP contribution is -2.11. The van der Waals surface area contributed by atoms with Crippen molar-refractivity contribution in [1.29, 1.82) is 0 Å². The fraction of sp³-hybridized carbons (Fsp3) is 0.167. The molecule has 7 heteroatoms. The number of benzene rings is 1. The molecule has 0 atom stereocenters. The van der Waals surface area contributed by atoms with Gasteiger partial charge in [-0.15, -0.1) is 11.3 Å². The van der Waals surface area contributed by atoms with Crippen LogP contribution in [0.1, 0.15) is 11.1 Å². The maximum Gasteiger partial charge on any atom is 0.271 e. The van der Waals surface area contributed by atoms with Gasteiger partial charge in [-0.25, -0.2) is 8.42 Å². The number of sulfonamides is 1. The minimum atomic E-state index is -3.57. The fourth-order valence-corrected chi connectivity index (χ4v) is 4.40. The monoisotopic (exact) mass is 379 g/mol. The molecule has 3 nitrogen and oxygen atoms in total. The van der Waals surface area contributed by atoms with Gasteiger partial charge >= 0.3 is 0 Å². The largest absolute Gasteiger partial charge is 0.279 e. The van der Waals surface area contributed by atoms with E-state index in [1.807, 2.05) is 13.8 Å². The molecular formula is C12H11BrClNO2S2. The molecule has 0 amide bonds. The van der Waals surface area contributed by atoms with Crippen molar-refractivity contribution in [2.45, 2.75) is 18.1 Å². The van der Waals surface area contributed by atoms with Crippen molar-refractivity contribution < 1.29 is 8.42 Å². The number of hydrogen-bond donors (Lipinski definition) is 1. The van der Waals surface area contributed by atoms with Crippen molar-refractivity contribution in [1.82, 2.24) is 0 Å². The summed E-state index contributed by atoms with van der Waals surface area (Å²) < 4.78 is 28.5. The van der Waals surface area contributed by atoms with Gasteiger partial charge in [-0.1, -0.05) is 27.5 Å². The second kappa shape index (κ2) is 5.44. The van der Waals surface area contributed by atoms with Gasteiger partial charge in [-0.3, -0.25) is 4.72 Å². The molecule has 1 N–H and O–H groups in total. The Hall–Kier alpha value is -0.560. The van der Waals surface area contributed by atoms with E-state index in [-0.39, 0.29) is 4.21 Å². The van der Waals surface area contributed by atoms with Crippen molar-refractivity contribution in [2.24, 2.45) is 0 Å². The Labute approximate surface area is 129 Å². The van der Waals surface area contributed by atoms with Gasteiger partial charge in [0, 0.05) is 10.2 Å². The molecular weight excluding hydrogens is 370 g/mol. The minimum absolute atomic E-state index is 0.204. The average molecular weight is 381 g/mol. The molecule has 1 aromatic carbocycles. The molecule has 0 aliphatic carbocycles. The Morgan fingerprint density at radius 2 is 1.79 bits per heavy atom. The smallest absolute Gasteiger partial charge is 0.271 e. The summed E-state index contributed by atoms with van der Waals surface area (Å²) in [6.07, 6.45) is 0. The highest BCUT2D eigenvalue weighted by molar-refractivity contribution is 9.10. The first-order valence-electron chi connectivity index (χ1n) is 5.34. The van der Waals surface area contributed by atoms with Gasteiger partial charge in [0.15, 0.2) is 0 Å². The molecule has 1 aromatic heterocycles. The summed E-state index contributed by atoms with van der Waals surface area (Å²) >= 11 is 10.2. The Balaban J connectivity index is 2.36. The highest BCUT2D eigenvalue weighted by Gasteiger charge is 2.17. The number of thiophene rings is 1. The minimum Gasteiger partial charge on any atom is -0.279 e. The molecule has 0 radical (unpaired) electrons. The van der Waals surface area contributed by atoms with Crippen molar-refractivity contribution in [2.75, 3.05) is 4.72 Å². The molecule has 0 saturated heterocycles. The molecule has 1 heterocycles. The van der Waals surface area contributed by atoms with Crippen LogP contribution in [0.3, 0.4) is 0 Å². The lowest BCUT2D eigenvalue weighted by atomic mass is 10.1. The van der Waals surface area contributed by atoms with Crippen LogP contribution in [0.25, 0.3) is 0 Å². The molecule has 0 saturated carbocycles. The van der Waals surface area contributed by atoms with E-state index in [0.717, 1.165) is 26.9 Å². The Kier molecular flexibility index (Phi) is 4.25. The van der Waals surface area contributed by atoms with Crippen LogP contribution in [0.15, 0.2) is 32.9 Å². The zero-order chi connectivity index (χ0) is 14.2. The summed E-state index contributed by atoms with van der Waals surface area (Å²) in [6, 6.07) is 6.63. The lowest BCUT2D eigenvalue weighted by Gasteiger charge is -2.10. The number of anilines is 1. The third-order valence-corrected chi connectivity index (χ3v) is 6.86. The summed E-state index contributed by atoms with van der Waals surface area (Å²) in [5.74, 6) is 0. The van der Waals surface area contributed by atoms with Crippen molar-refractivity contribution in [3.63, 3.8) is 0 Å². The maximum atomic E-state index is 12.2. The number of nitrogens with one attached hydrogen (secondary N) is 1. The van der Waals surface area contributed by atoms with Crippen LogP contribution in [0.2, 0.25) is 4.34 Å². The van der Waals surface area contributed by atoms with E-state index in [9.17, 15) is 8.42 Å². The molecule has 102 valence electrons. The van der Waals surface area contributed by atoms with Crippen LogP contribution in [0.4, 0.5) is 5.69 Å². The van der Waals surface area contributed by atoms with Crippen molar-refractivity contribution in [3.8, 4) is 0 Å². The summed E-state index contributed by atoms with van der Waals surface area (Å²) in [5, 5.41) is 0. The Bertz CT molecular complexity index is 702. The highest BCUT2D eigenvalue weighted by atomic mass is 79.9. The van der Waals surface area contributed by atoms with Gasteiger partial charge in [-0.05, 0) is 49.2 Å². The van der Waals surface area contributed by atoms with E-state index >= 15 is 0 Å². The molecule has 0 aliphatic rings. The second-order valence-corrected chi connectivity index (χ2v) is 8.51. The normalized spacial score (nSPS) is 11.6. The summed E-state index contributed by atoms with van der Waals surface area (Å²) in [7, 11) is -3.57. The van der Waals surface area contributed by atoms with Crippen LogP contribution in [-0.4, -0.2) is 8.42 Å². The number of hydrogen-bond acceptors (Lipinski definition) is 3. The van der Waals surface area contributed by atoms with E-state index in [4.69, 9.17) is 11.6 Å². The quantitative estimate of drug-likeness (QED) is 0.847. The standard InChI is InChI=1S/C12H11BrClNO2S2/c1-7-5-9(6-8(2)12(7)13)15-19(16,17)11-4-3-10(14)18-11/h3-6,15H,1-2H3. The van der Waals surface area contributed by atoms with E-state index in [1.165, 1.54) is 6.07 Å². The molecule has 0 fully saturated rings. The third kappa shape index (κ3) is 3.31. The van der Waals surface area contributed by atoms with E-state index in [2.05, 4.69) is 20.7 Å². The number of rotatable bonds is 3. The molecule has 0 unspecified atom stereocenters. The number of halogens is 2. The third-order valence-electron chi connectivity index (χ3n) is 2.50. The molecule has 0 bridgehead atoms. The predicted molar refractivity (Wildman–Crippen MR) is 83.8 cm³/mol. The fourth-order valence-electron chi connectivity index (χ4n) is 1.65. The van der Waals surface area contributed by atoms with Crippen LogP contribution < -0.4 is 4.72 Å². The van der Waals surface area contributed by atoms with Gasteiger partial charge in [0.25, 0.3) is 10.0 Å². The summed E-state index contributed by atoms with van der Waals surface area (Å²) in [4.78, 5) is 0. The lowest BCUT2D eigenvalue weighted by molar-refractivity contribution is 0.603. The average Bonchev–Trinajstić information content (AvgIpc) is 2.73. The zero-order valence-corrected chi connectivity index (χ0v) is 14.2. The summed E-state index contributed by atoms with van der Waals surface area (Å²) in [5.41, 5.74) is 2.49. The van der Waals surface area contributed by atoms with Crippen LogP contribution in [-0.2, 0) is 10.0 Å². The van der Waals surface area contributed by atoms with Gasteiger partial charge in [-0.2, -0.15) is 0 Å². The van der Waals surface area contributed by atoms with E-state index in [0.29, 0.717) is 10.0 Å². The van der Waals surface area contributed by atoms with Gasteiger partial charge in [0.1, 0.15) is 4.21 Å². The van der Waals surface area contributed by atoms with Crippen molar-refractivity contribution >= 4 is 54.6 Å². The highest BCUT2D eigenvalue weighted by Crippen LogP contribution is 2.29. The first-order chi connectivity index (χ1) is 8.79. The summed E-state index contributed by atoms with van der Waals surface area (Å²) in [6.45, 7) is 3.83. The zero-order valence-electron chi connectivity index (χ0n) is 10.2. The Morgan fingerprint density at radius 1 is 1.21 bits per heavy atom. The molecule has 19 heavy (non-hydrogen) atoms. The van der Waals surface area contributed by atoms with E-state index < -0.39 is 10.0 Å². The molecule has 0 aliphatic heterocycles. The first-order valence-corrected chi connectivity index (χ1v) is 8.81. The van der Waals surface area contributed by atoms with Crippen LogP contribution in [0, 0.1) is 13.8 Å². The van der Waals surface area contributed by atoms with Gasteiger partial charge in [0.05, 0.1) is 4.34 Å². The van der Waals surface area contributed by atoms with Crippen molar-refractivity contribution in [3.05, 3.63) is 44.2 Å². The van der Waals surface area contributed by atoms with Crippen LogP contribution >= 0.6 is 38.9 Å². The number of aryl methyl sites for hydroxylation is 2. The maximum absolute atomic E-state index is 12.2. The molecule has 2 rings (SSSR count). The molecule has 2 aromatic rings. The van der Waals surface area contributed by atoms with Crippen LogP contribution in [0.5, 0.6) is 0 Å². The topological polar surface area (TPSA) is 46.2 Å². The predicted octanol–water partition coefficient (Wildman–Crippen LogP) is 4.58. The SMILES string of the molecule is Cc1cc(NS(=O)(=O)c2ccc(Cl)s2)cc(C)c1Br. The van der Waals surface area contributed by atoms with Gasteiger partial charge in [0.2, 0.25) is 0 Å². The van der Waals surface area contributed by atoms with E-state index in [1.54, 1.807) is 18.2 Å². The molecule has 0 spiro atoms. The Morgan fingerprint density at radius 3 is 2.26 bits per heavy atom. The van der Waals surface area contributed by atoms with Gasteiger partial charge < -0.3 is 0 Å². The second-order valence-electron chi connectivity index (χ2n) is 4.09. The first kappa shape index (κ1) is 14.8.